The van der Waals surface area contributed by atoms with Crippen LogP contribution in [-0.2, 0) is 0 Å². The van der Waals surface area contributed by atoms with Crippen LogP contribution in [0.5, 0.6) is 0 Å². The van der Waals surface area contributed by atoms with Crippen LogP contribution in [0.1, 0.15) is 0 Å². The van der Waals surface area contributed by atoms with E-state index in [1.54, 1.807) is 0 Å². The number of hydrogen-bond acceptors (Lipinski definition) is 3. The number of benzene rings is 8. The summed E-state index contributed by atoms with van der Waals surface area (Å²) in [5.74, 6) is 1.95. The average Bonchev–Trinajstić information content (AvgIpc) is 3.53. The van der Waals surface area contributed by atoms with Crippen molar-refractivity contribution in [3.05, 3.63) is 170 Å². The Morgan fingerprint density at radius 2 is 0.796 bits per heavy atom. The summed E-state index contributed by atoms with van der Waals surface area (Å²) in [6.07, 6.45) is 0. The van der Waals surface area contributed by atoms with Crippen molar-refractivity contribution in [1.82, 2.24) is 19.5 Å². The van der Waals surface area contributed by atoms with Crippen LogP contribution in [0.2, 0.25) is 0 Å². The van der Waals surface area contributed by atoms with E-state index in [0.29, 0.717) is 17.5 Å². The van der Waals surface area contributed by atoms with Crippen molar-refractivity contribution in [3.8, 4) is 39.9 Å². The first-order chi connectivity index (χ1) is 24.3. The molecule has 0 spiro atoms. The molecule has 2 heterocycles. The first-order valence-corrected chi connectivity index (χ1v) is 16.5. The van der Waals surface area contributed by atoms with E-state index >= 15 is 0 Å². The molecule has 0 N–H and O–H groups in total. The standard InChI is InChI=1S/C45H28N4/c1-2-14-32(15-3-1)43-46-44(48-45(47-43)38-20-10-16-29-11-4-7-17-35(29)38)33-21-25-34(26-22-33)49-39-27-23-30-12-5-8-18-36(30)41(39)42-37-19-9-6-13-31(37)24-28-40(42)49/h1-28H. The second kappa shape index (κ2) is 11.0. The maximum atomic E-state index is 5.08. The molecule has 0 amide bonds. The summed E-state index contributed by atoms with van der Waals surface area (Å²) < 4.78 is 2.39. The highest BCUT2D eigenvalue weighted by Crippen LogP contribution is 2.40. The second-order valence-corrected chi connectivity index (χ2v) is 12.4. The SMILES string of the molecule is c1ccc(-c2nc(-c3ccc(-n4c5ccc6ccccc6c5c5c6ccccc6ccc54)cc3)nc(-c3cccc4ccccc34)n2)cc1. The monoisotopic (exact) mass is 624 g/mol. The topological polar surface area (TPSA) is 43.6 Å². The lowest BCUT2D eigenvalue weighted by Crippen LogP contribution is -2.01. The molecule has 8 aromatic carbocycles. The molecule has 0 radical (unpaired) electrons. The Morgan fingerprint density at radius 1 is 0.327 bits per heavy atom. The zero-order valence-electron chi connectivity index (χ0n) is 26.5. The van der Waals surface area contributed by atoms with Gasteiger partial charge in [0, 0.05) is 33.2 Å². The molecule has 4 heteroatoms. The lowest BCUT2D eigenvalue weighted by molar-refractivity contribution is 1.07. The maximum absolute atomic E-state index is 5.08. The highest BCUT2D eigenvalue weighted by Gasteiger charge is 2.18. The Hall–Kier alpha value is -6.65. The fourth-order valence-corrected chi connectivity index (χ4v) is 7.35. The molecule has 0 saturated heterocycles. The van der Waals surface area contributed by atoms with Gasteiger partial charge in [-0.1, -0.05) is 133 Å². The van der Waals surface area contributed by atoms with E-state index in [2.05, 4.69) is 144 Å². The third kappa shape index (κ3) is 4.42. The maximum Gasteiger partial charge on any atom is 0.164 e. The molecule has 0 aliphatic carbocycles. The van der Waals surface area contributed by atoms with E-state index in [1.807, 2.05) is 30.3 Å². The molecular weight excluding hydrogens is 597 g/mol. The minimum absolute atomic E-state index is 0.641. The van der Waals surface area contributed by atoms with Gasteiger partial charge in [0.05, 0.1) is 11.0 Å². The van der Waals surface area contributed by atoms with E-state index in [4.69, 9.17) is 15.0 Å². The van der Waals surface area contributed by atoms with E-state index < -0.39 is 0 Å². The van der Waals surface area contributed by atoms with Crippen molar-refractivity contribution in [2.45, 2.75) is 0 Å². The summed E-state index contributed by atoms with van der Waals surface area (Å²) >= 11 is 0. The summed E-state index contributed by atoms with van der Waals surface area (Å²) in [6, 6.07) is 59.8. The molecule has 2 aromatic heterocycles. The summed E-state index contributed by atoms with van der Waals surface area (Å²) in [5.41, 5.74) is 6.32. The molecule has 0 aliphatic heterocycles. The smallest absolute Gasteiger partial charge is 0.164 e. The van der Waals surface area contributed by atoms with Crippen molar-refractivity contribution >= 4 is 54.1 Å². The average molecular weight is 625 g/mol. The van der Waals surface area contributed by atoms with Gasteiger partial charge in [-0.3, -0.25) is 0 Å². The van der Waals surface area contributed by atoms with Gasteiger partial charge in [0.2, 0.25) is 0 Å². The first kappa shape index (κ1) is 27.5. The van der Waals surface area contributed by atoms with Crippen LogP contribution in [0, 0.1) is 0 Å². The zero-order chi connectivity index (χ0) is 32.3. The zero-order valence-corrected chi connectivity index (χ0v) is 26.5. The molecule has 10 rings (SSSR count). The van der Waals surface area contributed by atoms with Crippen molar-refractivity contribution in [3.63, 3.8) is 0 Å². The first-order valence-electron chi connectivity index (χ1n) is 16.5. The van der Waals surface area contributed by atoms with Gasteiger partial charge in [0.1, 0.15) is 0 Å². The van der Waals surface area contributed by atoms with Gasteiger partial charge in [-0.25, -0.2) is 15.0 Å². The molecule has 0 saturated carbocycles. The number of nitrogens with zero attached hydrogens (tertiary/aromatic N) is 4. The molecule has 228 valence electrons. The van der Waals surface area contributed by atoms with Crippen molar-refractivity contribution in [2.24, 2.45) is 0 Å². The highest BCUT2D eigenvalue weighted by atomic mass is 15.0. The minimum atomic E-state index is 0.641. The van der Waals surface area contributed by atoms with E-state index in [-0.39, 0.29) is 0 Å². The van der Waals surface area contributed by atoms with Crippen LogP contribution in [0.15, 0.2) is 170 Å². The summed E-state index contributed by atoms with van der Waals surface area (Å²) in [5, 5.41) is 9.82. The van der Waals surface area contributed by atoms with Crippen molar-refractivity contribution in [1.29, 1.82) is 0 Å². The lowest BCUT2D eigenvalue weighted by atomic mass is 10.00. The molecule has 4 nitrogen and oxygen atoms in total. The summed E-state index contributed by atoms with van der Waals surface area (Å²) in [7, 11) is 0. The number of fused-ring (bicyclic) bond motifs is 8. The van der Waals surface area contributed by atoms with Gasteiger partial charge < -0.3 is 4.57 Å². The van der Waals surface area contributed by atoms with Crippen molar-refractivity contribution in [2.75, 3.05) is 0 Å². The third-order valence-corrected chi connectivity index (χ3v) is 9.63. The summed E-state index contributed by atoms with van der Waals surface area (Å²) in [6.45, 7) is 0. The largest absolute Gasteiger partial charge is 0.309 e. The lowest BCUT2D eigenvalue weighted by Gasteiger charge is -2.12. The Kier molecular flexibility index (Phi) is 6.15. The van der Waals surface area contributed by atoms with Crippen LogP contribution in [0.3, 0.4) is 0 Å². The minimum Gasteiger partial charge on any atom is -0.309 e. The Bertz CT molecular complexity index is 2770. The number of rotatable bonds is 4. The molecule has 0 aliphatic rings. The molecular formula is C45H28N4. The van der Waals surface area contributed by atoms with E-state index in [1.165, 1.54) is 43.4 Å². The van der Waals surface area contributed by atoms with Gasteiger partial charge in [-0.2, -0.15) is 0 Å². The number of aromatic nitrogens is 4. The van der Waals surface area contributed by atoms with E-state index in [9.17, 15) is 0 Å². The van der Waals surface area contributed by atoms with Crippen LogP contribution in [0.25, 0.3) is 94.0 Å². The van der Waals surface area contributed by atoms with Gasteiger partial charge in [0.25, 0.3) is 0 Å². The Balaban J connectivity index is 1.17. The highest BCUT2D eigenvalue weighted by molar-refractivity contribution is 6.28. The quantitative estimate of drug-likeness (QED) is 0.196. The third-order valence-electron chi connectivity index (χ3n) is 9.63. The second-order valence-electron chi connectivity index (χ2n) is 12.4. The predicted octanol–water partition coefficient (Wildman–Crippen LogP) is 11.4. The fraction of sp³-hybridized carbons (Fsp3) is 0. The normalized spacial score (nSPS) is 11.7. The molecule has 0 atom stereocenters. The van der Waals surface area contributed by atoms with Gasteiger partial charge in [-0.05, 0) is 68.7 Å². The van der Waals surface area contributed by atoms with E-state index in [0.717, 1.165) is 33.2 Å². The van der Waals surface area contributed by atoms with Gasteiger partial charge in [-0.15, -0.1) is 0 Å². The molecule has 10 aromatic rings. The molecule has 0 fully saturated rings. The van der Waals surface area contributed by atoms with Gasteiger partial charge >= 0.3 is 0 Å². The number of hydrogen-bond donors (Lipinski definition) is 0. The van der Waals surface area contributed by atoms with Crippen molar-refractivity contribution < 1.29 is 0 Å². The predicted molar refractivity (Wildman–Crippen MR) is 203 cm³/mol. The summed E-state index contributed by atoms with van der Waals surface area (Å²) in [4.78, 5) is 15.1. The molecule has 49 heavy (non-hydrogen) atoms. The molecule has 0 unspecified atom stereocenters. The molecule has 0 bridgehead atoms. The van der Waals surface area contributed by atoms with Crippen LogP contribution in [-0.4, -0.2) is 19.5 Å². The van der Waals surface area contributed by atoms with Crippen LogP contribution >= 0.6 is 0 Å². The van der Waals surface area contributed by atoms with Crippen LogP contribution < -0.4 is 0 Å². The fourth-order valence-electron chi connectivity index (χ4n) is 7.35. The van der Waals surface area contributed by atoms with Crippen LogP contribution in [0.4, 0.5) is 0 Å². The van der Waals surface area contributed by atoms with Gasteiger partial charge in [0.15, 0.2) is 17.5 Å². The Morgan fingerprint density at radius 3 is 1.41 bits per heavy atom. The Labute approximate surface area is 282 Å².